The Morgan fingerprint density at radius 1 is 0.471 bits per heavy atom. The molecule has 2 heterocycles. The Bertz CT molecular complexity index is 1310. The Balaban J connectivity index is -0.00000000736. The monoisotopic (exact) mass is 9880 g/mol. The van der Waals surface area contributed by atoms with Gasteiger partial charge < -0.3 is 19.7 Å². The maximum Gasteiger partial charge on any atom is 0.308 e. The van der Waals surface area contributed by atoms with E-state index in [4.69, 9.17) is 9.47 Å². The molecule has 70 heteroatoms. The maximum atomic E-state index is 14.0. The van der Waals surface area contributed by atoms with Crippen LogP contribution in [0.2, 0.25) is 0 Å². The van der Waals surface area contributed by atoms with Crippen LogP contribution in [0.5, 0.6) is 0 Å². The number of likely N-dealkylation sites (N-methyl/N-ethyl adjacent to an activating group) is 1. The van der Waals surface area contributed by atoms with Crippen molar-refractivity contribution in [1.82, 2.24) is 20.1 Å². The molecule has 1 saturated heterocycles. The van der Waals surface area contributed by atoms with E-state index in [0.717, 1.165) is 25.8 Å². The van der Waals surface area contributed by atoms with Crippen LogP contribution in [0.25, 0.3) is 0 Å². The van der Waals surface area contributed by atoms with Gasteiger partial charge >= 0.3 is 11.9 Å². The first-order valence-corrected chi connectivity index (χ1v) is 17.6. The summed E-state index contributed by atoms with van der Waals surface area (Å²) in [5.74, 6) is -1.59. The number of carbonyl (C=O) groups excluding carboxylic acids is 5. The molecule has 4 atom stereocenters. The molecule has 3 rings (SSSR count). The molecule has 1 N–H and O–H groups in total. The SMILES string of the molecule is COC(=O)C1CCC(NC(=O)c2csc([C@@H](C[C@H](C(C)C)N(C)C(=O)[C@@H](CC(=O)[C@H]3CCCCN3C)C(C)C)OC(C)=O)n2)CC1.[Tb].[Tb].[Tb].[Tb].[Tb].[Tb].[Tb].[Tb].[Tb].[Tb].[Tb].[Tb].[Tb].[Tb].[Tb].[Tb].[Tb].[Tb].[Tb].[Tb].[Tb].[Tb].[Tb].[Tb].[Tb].[Tb].[Tb].[Tb].[Tb].[Tb].[Tb].[Tb].[Tb].[Tb].[Tb].[Tb].[Tb].[Tb].[Tb].[Tb].[Tb].[Tb].[Tb].[Tb].[Tb].[Tb].[Tb].[Tb].[Tb].[Tb].[Tb].[Tb].[Tb].[Tb].[Tb].[Tb].[Tb].[Tb]. The number of hydrogen-bond donors (Lipinski definition) is 1. The van der Waals surface area contributed by atoms with E-state index in [9.17, 15) is 24.0 Å². The van der Waals surface area contributed by atoms with Crippen LogP contribution in [0.15, 0.2) is 5.38 Å². The summed E-state index contributed by atoms with van der Waals surface area (Å²) in [6, 6.07) is -0.516. The van der Waals surface area contributed by atoms with Gasteiger partial charge in [-0.2, -0.15) is 0 Å². The third-order valence-corrected chi connectivity index (χ3v) is 10.6. The van der Waals surface area contributed by atoms with Gasteiger partial charge in [-0.15, -0.1) is 11.3 Å². The number of ether oxygens (including phenoxy) is 2. The number of amides is 2. The minimum atomic E-state index is -0.753. The number of thiazole rings is 1. The molecule has 11 nitrogen and oxygen atoms in total. The molecular weight excluding hydrogens is 9830 g/mol. The number of aromatic nitrogens is 1. The normalized spacial score (nSPS) is 9.96. The number of methoxy groups -OCH3 is 1. The number of ketones is 1. The molecule has 2 fully saturated rings. The predicted molar refractivity (Wildman–Crippen MR) is 176 cm³/mol. The Morgan fingerprint density at radius 2 is 0.769 bits per heavy atom. The van der Waals surface area contributed by atoms with Crippen molar-refractivity contribution in [2.45, 2.75) is 117 Å². The van der Waals surface area contributed by atoms with Crippen molar-refractivity contribution in [1.29, 1.82) is 0 Å². The Kier molecular flexibility index (Phi) is 986. The van der Waals surface area contributed by atoms with Crippen molar-refractivity contribution < 1.29 is 2270 Å². The van der Waals surface area contributed by atoms with Crippen LogP contribution in [0.1, 0.15) is 114 Å². The molecule has 1 saturated carbocycles. The maximum absolute atomic E-state index is 14.0. The van der Waals surface area contributed by atoms with Gasteiger partial charge in [-0.1, -0.05) is 34.1 Å². The van der Waals surface area contributed by atoms with Gasteiger partial charge in [0.15, 0.2) is 11.9 Å². The number of likely N-dealkylation sites (tertiary alicyclic amines) is 1. The molecule has 2 amide bonds. The van der Waals surface area contributed by atoms with Crippen LogP contribution < -0.4 is 5.32 Å². The number of hydrogen-bond acceptors (Lipinski definition) is 10. The van der Waals surface area contributed by atoms with Crippen LogP contribution >= 0.6 is 11.3 Å². The van der Waals surface area contributed by atoms with Gasteiger partial charge in [0.25, 0.3) is 5.91 Å². The molecule has 1 aromatic rings. The second-order valence-corrected chi connectivity index (χ2v) is 14.6. The average Bonchev–Trinajstić information content (AvgIpc) is 3.51. The number of piperidine rings is 1. The third kappa shape index (κ3) is 214. The van der Waals surface area contributed by atoms with E-state index in [1.807, 2.05) is 34.7 Å². The van der Waals surface area contributed by atoms with Crippen molar-refractivity contribution in [2.75, 3.05) is 27.7 Å². The number of nitrogens with one attached hydrogen (secondary N) is 1. The van der Waals surface area contributed by atoms with Gasteiger partial charge in [-0.25, -0.2) is 4.98 Å². The molecule has 0 unspecified atom stereocenters. The number of rotatable bonds is 14. The van der Waals surface area contributed by atoms with Crippen LogP contribution in [0.4, 0.5) is 0 Å². The van der Waals surface area contributed by atoms with Crippen molar-refractivity contribution >= 4 is 40.9 Å². The third-order valence-electron chi connectivity index (χ3n) is 9.69. The van der Waals surface area contributed by atoms with Crippen LogP contribution in [0, 0.1) is 2260 Å². The minimum absolute atomic E-state index is 0. The van der Waals surface area contributed by atoms with E-state index in [0.29, 0.717) is 37.1 Å². The number of carbonyl (C=O) groups is 5. The second-order valence-electron chi connectivity index (χ2n) is 13.7. The summed E-state index contributed by atoms with van der Waals surface area (Å²) < 4.78 is 10.6. The largest absolute Gasteiger partial charge is 0.469 e. The van der Waals surface area contributed by atoms with Gasteiger partial charge in [0, 0.05) is 2290 Å². The molecule has 1 aliphatic heterocycles. The van der Waals surface area contributed by atoms with Gasteiger partial charge in [-0.05, 0) is 64.0 Å². The van der Waals surface area contributed by atoms with Gasteiger partial charge in [0.05, 0.1) is 19.1 Å². The topological polar surface area (TPSA) is 135 Å². The molecular formula is C34H54N4O7STb58. The first-order chi connectivity index (χ1) is 21.7. The van der Waals surface area contributed by atoms with Gasteiger partial charge in [0.2, 0.25) is 5.91 Å². The number of nitrogens with zero attached hydrogens (tertiary/aromatic N) is 3. The predicted octanol–water partition coefficient (Wildman–Crippen LogP) is 4.80. The molecule has 0 aromatic carbocycles. The van der Waals surface area contributed by atoms with E-state index in [1.165, 1.54) is 25.4 Å². The Morgan fingerprint density at radius 3 is 1.02 bits per heavy atom. The van der Waals surface area contributed by atoms with Gasteiger partial charge in [-0.3, -0.25) is 28.9 Å². The zero-order valence-electron chi connectivity index (χ0n) is 48.2. The standard InChI is InChI=1S/C34H54N4O7S.58Tb/c1-20(2)25(17-29(40)27-11-9-10-16-37(27)6)33(42)38(7)28(21(3)4)18-30(45-22(5)39)32-36-26(19-46-32)31(41)35-24-14-12-23(13-15-24)34(43)44-8;;;;;;;;;;;;;;;;;;;;;;;;;;;;;;;;;;;;;;;;;;;;;;;;;;;;;;;;;;/h19-21,23-25,27-28,30H,9-18H2,1-8H3,(H,35,41);;;;;;;;;;;;;;;;;;;;;;;;;;;;;;;;;;;;;;;;;;;;;;;;;;;;;;;;;;/t23?,24?,25-,27+,28+,30+;;;;;;;;;;;;;;;;;;;;;;;;;;;;;;;;;;;;;;;;;;;;;;;;;;;;;;;;;;/m0........................................................../s1. The van der Waals surface area contributed by atoms with Crippen molar-refractivity contribution in [3.05, 3.63) is 16.1 Å². The molecule has 2 aliphatic rings. The second kappa shape index (κ2) is 274. The van der Waals surface area contributed by atoms with Crippen LogP contribution in [-0.4, -0.2) is 90.2 Å². The molecule has 104 heavy (non-hydrogen) atoms. The molecule has 0 spiro atoms. The fourth-order valence-electron chi connectivity index (χ4n) is 6.80. The van der Waals surface area contributed by atoms with E-state index >= 15 is 0 Å². The molecule has 1 aromatic heterocycles. The summed E-state index contributed by atoms with van der Waals surface area (Å²) in [6.07, 6.45) is 5.33. The fourth-order valence-corrected chi connectivity index (χ4v) is 7.64. The smallest absolute Gasteiger partial charge is 0.308 e. The first kappa shape index (κ1) is 374. The number of esters is 2. The summed E-state index contributed by atoms with van der Waals surface area (Å²) >= 11 is 1.24. The molecule has 58 radical (unpaired) electrons. The minimum Gasteiger partial charge on any atom is -0.469 e. The Hall–Kier alpha value is 71.7. The van der Waals surface area contributed by atoms with E-state index in [2.05, 4.69) is 15.2 Å². The van der Waals surface area contributed by atoms with Crippen molar-refractivity contribution in [2.24, 2.45) is 23.7 Å². The van der Waals surface area contributed by atoms with E-state index in [-0.39, 0.29) is 2310 Å². The summed E-state index contributed by atoms with van der Waals surface area (Å²) in [6.45, 7) is 10.2. The van der Waals surface area contributed by atoms with E-state index in [1.54, 1.807) is 17.3 Å². The molecule has 780 valence electrons. The summed E-state index contributed by atoms with van der Waals surface area (Å²) in [5, 5.41) is 5.16. The van der Waals surface area contributed by atoms with Gasteiger partial charge in [0.1, 0.15) is 10.7 Å². The van der Waals surface area contributed by atoms with Crippen LogP contribution in [-0.2, 0) is 28.7 Å². The summed E-state index contributed by atoms with van der Waals surface area (Å²) in [5.41, 5.74) is 0.240. The zero-order valence-corrected chi connectivity index (χ0v) is 173. The van der Waals surface area contributed by atoms with E-state index < -0.39 is 18.0 Å². The molecule has 0 bridgehead atoms. The first-order valence-electron chi connectivity index (χ1n) is 16.7. The van der Waals surface area contributed by atoms with Crippen LogP contribution in [0.3, 0.4) is 0 Å². The van der Waals surface area contributed by atoms with Crippen molar-refractivity contribution in [3.8, 4) is 0 Å². The number of Topliss-reactive ketones (excluding diaryl/α,β-unsaturated/α-hetero) is 1. The Labute approximate surface area is 2420 Å². The zero-order chi connectivity index (χ0) is 34.1. The summed E-state index contributed by atoms with van der Waals surface area (Å²) in [7, 11) is 5.14. The summed E-state index contributed by atoms with van der Waals surface area (Å²) in [4.78, 5) is 72.9. The average molecular weight is 9880 g/mol. The van der Waals surface area contributed by atoms with Crippen molar-refractivity contribution in [3.63, 3.8) is 0 Å². The molecule has 1 aliphatic carbocycles. The quantitative estimate of drug-likeness (QED) is 0.261. The fraction of sp³-hybridized carbons (Fsp3) is 0.765.